The van der Waals surface area contributed by atoms with Crippen molar-refractivity contribution >= 4 is 19.1 Å². The van der Waals surface area contributed by atoms with E-state index in [-0.39, 0.29) is 25.8 Å². The van der Waals surface area contributed by atoms with Crippen LogP contribution < -0.4 is 4.40 Å². The van der Waals surface area contributed by atoms with Crippen LogP contribution in [0, 0.1) is 0 Å². The zero-order chi connectivity index (χ0) is 12.9. The summed E-state index contributed by atoms with van der Waals surface area (Å²) in [5.41, 5.74) is 0. The third kappa shape index (κ3) is 14.4. The number of hydrogen-bond donors (Lipinski definition) is 3. The molecule has 96 valence electrons. The van der Waals surface area contributed by atoms with Gasteiger partial charge in [0.05, 0.1) is 0 Å². The summed E-state index contributed by atoms with van der Waals surface area (Å²) in [5.74, 6) is 0. The van der Waals surface area contributed by atoms with Gasteiger partial charge in [-0.25, -0.2) is 0 Å². The number of rotatable bonds is 1. The van der Waals surface area contributed by atoms with E-state index in [2.05, 4.69) is 0 Å². The summed E-state index contributed by atoms with van der Waals surface area (Å²) in [6.45, 7) is 0. The van der Waals surface area contributed by atoms with Gasteiger partial charge >= 0.3 is 53.8 Å². The van der Waals surface area contributed by atoms with Gasteiger partial charge in [0.25, 0.3) is 0 Å². The molecule has 1 aromatic rings. The monoisotopic (exact) mass is 471 g/mol. The van der Waals surface area contributed by atoms with Crippen LogP contribution in [0.4, 0.5) is 10.5 Å². The van der Waals surface area contributed by atoms with Gasteiger partial charge in [0.2, 0.25) is 0 Å². The Labute approximate surface area is 116 Å². The molecule has 0 fully saturated rings. The summed E-state index contributed by atoms with van der Waals surface area (Å²) in [5, 5.41) is 21.0. The minimum absolute atomic E-state index is 0. The summed E-state index contributed by atoms with van der Waals surface area (Å²) >= 11 is -5.94. The third-order valence-electron chi connectivity index (χ3n) is 0.990. The van der Waals surface area contributed by atoms with Crippen LogP contribution in [0.2, 0.25) is 0 Å². The smallest absolute Gasteiger partial charge is 0 e. The molecule has 0 aliphatic rings. The van der Waals surface area contributed by atoms with Gasteiger partial charge in [0.15, 0.2) is 0 Å². The van der Waals surface area contributed by atoms with E-state index in [0.29, 0.717) is 0 Å². The van der Waals surface area contributed by atoms with E-state index in [1.54, 1.807) is 0 Å². The van der Waals surface area contributed by atoms with E-state index < -0.39 is 19.1 Å². The van der Waals surface area contributed by atoms with Crippen molar-refractivity contribution in [3.8, 4) is 0 Å². The molecular weight excluding hydrogens is 452 g/mol. The van der Waals surface area contributed by atoms with E-state index in [0.717, 1.165) is 33.5 Å². The van der Waals surface area contributed by atoms with Crippen LogP contribution >= 0.6 is 0 Å². The first-order valence-corrected chi connectivity index (χ1v) is 7.16. The molecule has 3 N–H and O–H groups in total. The fraction of sp³-hybridized carbons (Fsp3) is 0.375. The van der Waals surface area contributed by atoms with E-state index in [1.807, 2.05) is 0 Å². The summed E-state index contributed by atoms with van der Waals surface area (Å²) in [6, 6.07) is 5.07. The first-order valence-electron chi connectivity index (χ1n) is 3.74. The van der Waals surface area contributed by atoms with Crippen LogP contribution in [0.5, 0.6) is 0 Å². The first kappa shape index (κ1) is 25.3. The van der Waals surface area contributed by atoms with Gasteiger partial charge in [0.1, 0.15) is 0 Å². The van der Waals surface area contributed by atoms with Crippen LogP contribution in [0.1, 0.15) is 0 Å². The predicted octanol–water partition coefficient (Wildman–Crippen LogP) is 0.283. The van der Waals surface area contributed by atoms with Crippen molar-refractivity contribution in [3.63, 3.8) is 0 Å². The molecule has 1 rings (SSSR count). The van der Waals surface area contributed by atoms with Crippen molar-refractivity contribution in [1.82, 2.24) is 0 Å². The molecule has 0 aromatic heterocycles. The molecule has 0 saturated carbocycles. The summed E-state index contributed by atoms with van der Waals surface area (Å²) in [7, 11) is 3.00. The molecule has 0 saturated heterocycles. The maximum absolute atomic E-state index is 11.8. The molecule has 0 aliphatic heterocycles. The topological polar surface area (TPSA) is 60.7 Å². The Hall–Kier alpha value is 0.433. The third-order valence-corrected chi connectivity index (χ3v) is 3.06. The van der Waals surface area contributed by atoms with Gasteiger partial charge < -0.3 is 15.3 Å². The van der Waals surface area contributed by atoms with Crippen LogP contribution in [0.15, 0.2) is 24.3 Å². The molecule has 0 radical (unpaired) electrons. The quantitative estimate of drug-likeness (QED) is 0.410. The average molecular weight is 468 g/mol. The minimum Gasteiger partial charge on any atom is 0 e. The molecule has 0 heterocycles. The predicted molar refractivity (Wildman–Crippen MR) is 55.2 cm³/mol. The standard InChI is InChI=1S/C5H4F3Ge.3CH4O.Hf/c6-9(7,8)5-3-1-2-4-5;3*1-2;/h1-4H;3*2H,1H3;/q-1;;;;. The number of hydrogen-bond acceptors (Lipinski definition) is 3. The van der Waals surface area contributed by atoms with E-state index in [4.69, 9.17) is 15.3 Å². The molecule has 0 amide bonds. The number of halogens is 3. The van der Waals surface area contributed by atoms with Gasteiger partial charge in [-0.3, -0.25) is 0 Å². The van der Waals surface area contributed by atoms with Crippen LogP contribution in [-0.2, 0) is 25.8 Å². The second kappa shape index (κ2) is 17.8. The van der Waals surface area contributed by atoms with Gasteiger partial charge in [-0.2, -0.15) is 0 Å². The van der Waals surface area contributed by atoms with E-state index in [9.17, 15) is 10.5 Å². The molecule has 0 atom stereocenters. The summed E-state index contributed by atoms with van der Waals surface area (Å²) in [6.07, 6.45) is 0. The fourth-order valence-corrected chi connectivity index (χ4v) is 1.76. The summed E-state index contributed by atoms with van der Waals surface area (Å²) in [4.78, 5) is 0. The van der Waals surface area contributed by atoms with Crippen LogP contribution in [-0.4, -0.2) is 51.3 Å². The molecule has 1 aromatic carbocycles. The Morgan fingerprint density at radius 2 is 1.06 bits per heavy atom. The molecule has 0 unspecified atom stereocenters. The molecule has 3 nitrogen and oxygen atoms in total. The Kier molecular flexibility index (Phi) is 28.2. The second-order valence-electron chi connectivity index (χ2n) is 1.67. The Balaban J connectivity index is -0.0000000900. The van der Waals surface area contributed by atoms with Gasteiger partial charge in [-0.1, -0.05) is 0 Å². The molecule has 0 spiro atoms. The summed E-state index contributed by atoms with van der Waals surface area (Å²) < 4.78 is 35.0. The zero-order valence-electron chi connectivity index (χ0n) is 9.28. The molecule has 8 heteroatoms. The van der Waals surface area contributed by atoms with Crippen molar-refractivity contribution in [3.05, 3.63) is 24.3 Å². The van der Waals surface area contributed by atoms with Crippen molar-refractivity contribution < 1.29 is 51.7 Å². The Bertz CT molecular complexity index is 193. The van der Waals surface area contributed by atoms with Crippen molar-refractivity contribution in [2.24, 2.45) is 0 Å². The Morgan fingerprint density at radius 3 is 1.19 bits per heavy atom. The number of aliphatic hydroxyl groups excluding tert-OH is 3. The first-order chi connectivity index (χ1) is 7.11. The van der Waals surface area contributed by atoms with Gasteiger partial charge in [-0.05, 0) is 0 Å². The maximum atomic E-state index is 11.8. The molecule has 0 aliphatic carbocycles. The Morgan fingerprint density at radius 1 is 0.812 bits per heavy atom. The van der Waals surface area contributed by atoms with Crippen molar-refractivity contribution in [2.75, 3.05) is 21.3 Å². The van der Waals surface area contributed by atoms with Gasteiger partial charge in [0, 0.05) is 47.2 Å². The van der Waals surface area contributed by atoms with Crippen LogP contribution in [0.3, 0.4) is 0 Å². The molecule has 0 bridgehead atoms. The molecular formula is C8H16F3GeHfO3-. The maximum Gasteiger partial charge on any atom is 0 e. The van der Waals surface area contributed by atoms with E-state index in [1.165, 1.54) is 12.1 Å². The zero-order valence-corrected chi connectivity index (χ0v) is 15.0. The van der Waals surface area contributed by atoms with Crippen molar-refractivity contribution in [1.29, 1.82) is 0 Å². The molecule has 16 heavy (non-hydrogen) atoms. The fourth-order valence-electron chi connectivity index (χ4n) is 0.563. The number of aliphatic hydroxyl groups is 3. The second-order valence-corrected chi connectivity index (χ2v) is 4.97. The SMILES string of the molecule is CO.CO.CO.[F][Ge]([F])([F])[c-]1cccc1.[Hf]. The van der Waals surface area contributed by atoms with Crippen LogP contribution in [0.25, 0.3) is 0 Å². The van der Waals surface area contributed by atoms with Crippen molar-refractivity contribution in [2.45, 2.75) is 0 Å². The normalized spacial score (nSPS) is 7.81. The average Bonchev–Trinajstić information content (AvgIpc) is 2.79. The largest absolute Gasteiger partial charge is 0 e. The van der Waals surface area contributed by atoms with E-state index >= 15 is 0 Å². The van der Waals surface area contributed by atoms with Gasteiger partial charge in [-0.15, -0.1) is 0 Å². The minimum atomic E-state index is -5.94.